The normalized spacial score (nSPS) is 17.2. The maximum atomic E-state index is 12.7. The number of rotatable bonds is 2. The first-order valence-corrected chi connectivity index (χ1v) is 8.68. The molecule has 1 saturated heterocycles. The molecule has 7 nitrogen and oxygen atoms in total. The van der Waals surface area contributed by atoms with Crippen molar-refractivity contribution in [2.24, 2.45) is 0 Å². The lowest BCUT2D eigenvalue weighted by atomic mass is 10.1. The quantitative estimate of drug-likeness (QED) is 0.820. The Balaban J connectivity index is 1.56. The molecule has 0 radical (unpaired) electrons. The van der Waals surface area contributed by atoms with E-state index in [0.717, 1.165) is 5.56 Å². The van der Waals surface area contributed by atoms with Crippen molar-refractivity contribution in [1.82, 2.24) is 9.80 Å². The molecule has 2 aliphatic heterocycles. The Labute approximate surface area is 151 Å². The second-order valence-electron chi connectivity index (χ2n) is 6.28. The fraction of sp³-hybridized carbons (Fsp3) is 0.368. The molecule has 3 heterocycles. The molecule has 2 aliphatic rings. The van der Waals surface area contributed by atoms with Crippen molar-refractivity contribution >= 4 is 11.8 Å². The van der Waals surface area contributed by atoms with Gasteiger partial charge in [0.25, 0.3) is 11.8 Å². The van der Waals surface area contributed by atoms with Gasteiger partial charge in [0, 0.05) is 30.8 Å². The van der Waals surface area contributed by atoms with Crippen LogP contribution in [0.25, 0.3) is 0 Å². The second kappa shape index (κ2) is 7.21. The number of furan rings is 1. The molecule has 7 heteroatoms. The lowest BCUT2D eigenvalue weighted by molar-refractivity contribution is 0.0303. The van der Waals surface area contributed by atoms with Gasteiger partial charge in [0.2, 0.25) is 0 Å². The van der Waals surface area contributed by atoms with Gasteiger partial charge in [-0.2, -0.15) is 0 Å². The van der Waals surface area contributed by atoms with E-state index < -0.39 is 0 Å². The number of morpholine rings is 1. The smallest absolute Gasteiger partial charge is 0.289 e. The second-order valence-corrected chi connectivity index (χ2v) is 6.28. The number of hydrogen-bond acceptors (Lipinski definition) is 5. The number of fused-ring (bicyclic) bond motifs is 1. The Bertz CT molecular complexity index is 796. The van der Waals surface area contributed by atoms with Gasteiger partial charge in [0.15, 0.2) is 5.76 Å². The van der Waals surface area contributed by atoms with Gasteiger partial charge >= 0.3 is 0 Å². The zero-order valence-corrected chi connectivity index (χ0v) is 14.3. The van der Waals surface area contributed by atoms with E-state index in [1.165, 1.54) is 6.26 Å². The van der Waals surface area contributed by atoms with Crippen LogP contribution in [0.4, 0.5) is 0 Å². The third kappa shape index (κ3) is 3.30. The highest BCUT2D eigenvalue weighted by atomic mass is 16.5. The van der Waals surface area contributed by atoms with Crippen LogP contribution in [0.2, 0.25) is 0 Å². The Kier molecular flexibility index (Phi) is 4.62. The van der Waals surface area contributed by atoms with E-state index in [9.17, 15) is 9.59 Å². The van der Waals surface area contributed by atoms with Gasteiger partial charge in [0.05, 0.1) is 26.0 Å². The van der Waals surface area contributed by atoms with E-state index in [1.54, 1.807) is 28.0 Å². The van der Waals surface area contributed by atoms with Gasteiger partial charge in [-0.05, 0) is 30.3 Å². The molecular formula is C19H20N2O5. The van der Waals surface area contributed by atoms with Crippen LogP contribution in [0.5, 0.6) is 5.75 Å². The standard InChI is InChI=1S/C19H20N2O5/c22-18(20-5-9-24-10-6-20)14-3-4-16-15(12-14)13-21(7-11-26-16)19(23)17-2-1-8-25-17/h1-4,8,12H,5-7,9-11,13H2. The summed E-state index contributed by atoms with van der Waals surface area (Å²) in [5.41, 5.74) is 1.42. The molecule has 1 fully saturated rings. The van der Waals surface area contributed by atoms with Crippen LogP contribution >= 0.6 is 0 Å². The molecule has 0 saturated carbocycles. The summed E-state index contributed by atoms with van der Waals surface area (Å²) in [7, 11) is 0. The van der Waals surface area contributed by atoms with Crippen LogP contribution in [-0.2, 0) is 11.3 Å². The van der Waals surface area contributed by atoms with E-state index in [0.29, 0.717) is 63.1 Å². The highest BCUT2D eigenvalue weighted by Gasteiger charge is 2.25. The molecule has 1 aromatic carbocycles. The summed E-state index contributed by atoms with van der Waals surface area (Å²) in [5.74, 6) is 0.799. The molecule has 4 rings (SSSR count). The molecule has 1 aromatic heterocycles. The number of hydrogen-bond donors (Lipinski definition) is 0. The van der Waals surface area contributed by atoms with Gasteiger partial charge in [-0.15, -0.1) is 0 Å². The van der Waals surface area contributed by atoms with Crippen LogP contribution in [0.1, 0.15) is 26.5 Å². The summed E-state index contributed by atoms with van der Waals surface area (Å²) >= 11 is 0. The van der Waals surface area contributed by atoms with Gasteiger partial charge in [-0.1, -0.05) is 0 Å². The third-order valence-corrected chi connectivity index (χ3v) is 4.60. The van der Waals surface area contributed by atoms with E-state index in [4.69, 9.17) is 13.9 Å². The van der Waals surface area contributed by atoms with Crippen molar-refractivity contribution in [1.29, 1.82) is 0 Å². The number of carbonyl (C=O) groups excluding carboxylic acids is 2. The maximum Gasteiger partial charge on any atom is 0.289 e. The Morgan fingerprint density at radius 2 is 1.73 bits per heavy atom. The molecule has 2 aromatic rings. The lowest BCUT2D eigenvalue weighted by Gasteiger charge is -2.27. The topological polar surface area (TPSA) is 72.2 Å². The van der Waals surface area contributed by atoms with Gasteiger partial charge in [0.1, 0.15) is 12.4 Å². The molecule has 0 atom stereocenters. The van der Waals surface area contributed by atoms with E-state index >= 15 is 0 Å². The van der Waals surface area contributed by atoms with Crippen molar-refractivity contribution in [2.75, 3.05) is 39.5 Å². The first-order chi connectivity index (χ1) is 12.7. The van der Waals surface area contributed by atoms with Crippen LogP contribution in [0, 0.1) is 0 Å². The predicted molar refractivity (Wildman–Crippen MR) is 92.1 cm³/mol. The third-order valence-electron chi connectivity index (χ3n) is 4.60. The number of ether oxygens (including phenoxy) is 2. The maximum absolute atomic E-state index is 12.7. The molecule has 2 amide bonds. The molecule has 0 spiro atoms. The molecule has 136 valence electrons. The molecule has 0 bridgehead atoms. The number of nitrogens with zero attached hydrogens (tertiary/aromatic N) is 2. The molecule has 0 N–H and O–H groups in total. The Morgan fingerprint density at radius 3 is 2.50 bits per heavy atom. The Hall–Kier alpha value is -2.80. The largest absolute Gasteiger partial charge is 0.491 e. The summed E-state index contributed by atoms with van der Waals surface area (Å²) in [6, 6.07) is 8.74. The van der Waals surface area contributed by atoms with Crippen molar-refractivity contribution in [3.05, 3.63) is 53.5 Å². The zero-order chi connectivity index (χ0) is 17.9. The first-order valence-electron chi connectivity index (χ1n) is 8.68. The summed E-state index contributed by atoms with van der Waals surface area (Å²) in [5, 5.41) is 0. The van der Waals surface area contributed by atoms with E-state index in [-0.39, 0.29) is 11.8 Å². The van der Waals surface area contributed by atoms with Crippen molar-refractivity contribution in [3.63, 3.8) is 0 Å². The first kappa shape index (κ1) is 16.7. The van der Waals surface area contributed by atoms with Crippen molar-refractivity contribution < 1.29 is 23.5 Å². The zero-order valence-electron chi connectivity index (χ0n) is 14.3. The summed E-state index contributed by atoms with van der Waals surface area (Å²) in [6.45, 7) is 3.54. The minimum atomic E-state index is -0.184. The predicted octanol–water partition coefficient (Wildman–Crippen LogP) is 1.79. The van der Waals surface area contributed by atoms with Crippen molar-refractivity contribution in [2.45, 2.75) is 6.54 Å². The number of benzene rings is 1. The monoisotopic (exact) mass is 356 g/mol. The molecule has 0 unspecified atom stereocenters. The van der Waals surface area contributed by atoms with E-state index in [1.807, 2.05) is 12.1 Å². The average Bonchev–Trinajstić information content (AvgIpc) is 3.14. The summed E-state index contributed by atoms with van der Waals surface area (Å²) in [4.78, 5) is 28.7. The fourth-order valence-corrected chi connectivity index (χ4v) is 3.21. The molecule has 26 heavy (non-hydrogen) atoms. The average molecular weight is 356 g/mol. The molecular weight excluding hydrogens is 336 g/mol. The van der Waals surface area contributed by atoms with Crippen LogP contribution in [0.15, 0.2) is 41.0 Å². The number of amides is 2. The lowest BCUT2D eigenvalue weighted by Crippen LogP contribution is -2.40. The minimum Gasteiger partial charge on any atom is -0.491 e. The minimum absolute atomic E-state index is 0.0238. The van der Waals surface area contributed by atoms with Crippen LogP contribution in [-0.4, -0.2) is 61.1 Å². The summed E-state index contributed by atoms with van der Waals surface area (Å²) < 4.78 is 16.3. The summed E-state index contributed by atoms with van der Waals surface area (Å²) in [6.07, 6.45) is 1.48. The van der Waals surface area contributed by atoms with Crippen LogP contribution in [0.3, 0.4) is 0 Å². The van der Waals surface area contributed by atoms with Gasteiger partial charge in [-0.3, -0.25) is 9.59 Å². The van der Waals surface area contributed by atoms with Crippen molar-refractivity contribution in [3.8, 4) is 5.75 Å². The van der Waals surface area contributed by atoms with Crippen LogP contribution < -0.4 is 4.74 Å². The highest BCUT2D eigenvalue weighted by Crippen LogP contribution is 2.26. The SMILES string of the molecule is O=C(c1ccc2c(c1)CN(C(=O)c1ccco1)CCO2)N1CCOCC1. The Morgan fingerprint density at radius 1 is 0.923 bits per heavy atom. The highest BCUT2D eigenvalue weighted by molar-refractivity contribution is 5.95. The van der Waals surface area contributed by atoms with Gasteiger partial charge < -0.3 is 23.7 Å². The fourth-order valence-electron chi connectivity index (χ4n) is 3.21. The van der Waals surface area contributed by atoms with E-state index in [2.05, 4.69) is 0 Å². The van der Waals surface area contributed by atoms with Gasteiger partial charge in [-0.25, -0.2) is 0 Å². The number of carbonyl (C=O) groups is 2. The molecule has 0 aliphatic carbocycles.